The Hall–Kier alpha value is -1.51. The van der Waals surface area contributed by atoms with Crippen molar-refractivity contribution in [2.75, 3.05) is 14.2 Å². The topological polar surface area (TPSA) is 35.5 Å². The van der Waals surface area contributed by atoms with Gasteiger partial charge in [0.15, 0.2) is 11.5 Å². The Kier molecular flexibility index (Phi) is 4.83. The van der Waals surface area contributed by atoms with Gasteiger partial charge in [-0.3, -0.25) is 0 Å². The van der Waals surface area contributed by atoms with Crippen molar-refractivity contribution >= 4 is 6.29 Å². The fraction of sp³-hybridized carbons (Fsp3) is 0.462. The van der Waals surface area contributed by atoms with Gasteiger partial charge in [-0.15, -0.1) is 0 Å². The number of aldehydes is 1. The van der Waals surface area contributed by atoms with Gasteiger partial charge in [-0.1, -0.05) is 19.4 Å². The number of methoxy groups -OCH3 is 2. The predicted molar refractivity (Wildman–Crippen MR) is 63.3 cm³/mol. The second kappa shape index (κ2) is 6.16. The highest BCUT2D eigenvalue weighted by Crippen LogP contribution is 2.33. The highest BCUT2D eigenvalue weighted by Gasteiger charge is 2.11. The number of ether oxygens (including phenoxy) is 2. The molecule has 0 heterocycles. The number of carbonyl (C=O) groups excluding carboxylic acids is 1. The van der Waals surface area contributed by atoms with Crippen LogP contribution in [-0.4, -0.2) is 20.5 Å². The molecule has 3 nitrogen and oxygen atoms in total. The highest BCUT2D eigenvalue weighted by atomic mass is 16.5. The summed E-state index contributed by atoms with van der Waals surface area (Å²) in [6.45, 7) is 2.11. The first-order valence-corrected chi connectivity index (χ1v) is 5.44. The van der Waals surface area contributed by atoms with Gasteiger partial charge in [-0.25, -0.2) is 0 Å². The lowest BCUT2D eigenvalue weighted by molar-refractivity contribution is -0.107. The molecule has 0 saturated heterocycles. The van der Waals surface area contributed by atoms with Crippen LogP contribution in [0.2, 0.25) is 0 Å². The van der Waals surface area contributed by atoms with Crippen molar-refractivity contribution in [3.8, 4) is 11.5 Å². The molecule has 0 aliphatic rings. The molecule has 1 rings (SSSR count). The summed E-state index contributed by atoms with van der Waals surface area (Å²) in [5, 5.41) is 0. The third-order valence-electron chi connectivity index (χ3n) is 2.45. The van der Waals surface area contributed by atoms with E-state index in [1.807, 2.05) is 12.1 Å². The zero-order valence-corrected chi connectivity index (χ0v) is 10.1. The largest absolute Gasteiger partial charge is 0.493 e. The summed E-state index contributed by atoms with van der Waals surface area (Å²) in [7, 11) is 3.24. The molecule has 0 aromatic heterocycles. The van der Waals surface area contributed by atoms with E-state index in [1.54, 1.807) is 14.2 Å². The van der Waals surface area contributed by atoms with Crippen LogP contribution < -0.4 is 9.47 Å². The maximum absolute atomic E-state index is 10.5. The van der Waals surface area contributed by atoms with Crippen LogP contribution in [0, 0.1) is 0 Å². The number of hydrogen-bond acceptors (Lipinski definition) is 3. The number of hydrogen-bond donors (Lipinski definition) is 0. The van der Waals surface area contributed by atoms with Crippen molar-refractivity contribution in [1.82, 2.24) is 0 Å². The smallest absolute Gasteiger partial charge is 0.163 e. The first-order valence-electron chi connectivity index (χ1n) is 5.44. The van der Waals surface area contributed by atoms with Crippen LogP contribution in [0.25, 0.3) is 0 Å². The average Bonchev–Trinajstić information content (AvgIpc) is 2.29. The second-order valence-corrected chi connectivity index (χ2v) is 3.61. The third kappa shape index (κ3) is 2.75. The van der Waals surface area contributed by atoms with Crippen molar-refractivity contribution in [3.05, 3.63) is 23.3 Å². The molecule has 1 aromatic carbocycles. The van der Waals surface area contributed by atoms with Gasteiger partial charge in [0.25, 0.3) is 0 Å². The molecule has 0 aliphatic heterocycles. The van der Waals surface area contributed by atoms with E-state index < -0.39 is 0 Å². The van der Waals surface area contributed by atoms with Gasteiger partial charge in [0, 0.05) is 6.42 Å². The number of rotatable bonds is 6. The van der Waals surface area contributed by atoms with Crippen LogP contribution in [0.15, 0.2) is 12.1 Å². The maximum Gasteiger partial charge on any atom is 0.163 e. The van der Waals surface area contributed by atoms with Crippen molar-refractivity contribution in [2.24, 2.45) is 0 Å². The van der Waals surface area contributed by atoms with Gasteiger partial charge >= 0.3 is 0 Å². The van der Waals surface area contributed by atoms with Crippen molar-refractivity contribution in [1.29, 1.82) is 0 Å². The van der Waals surface area contributed by atoms with Gasteiger partial charge in [0.2, 0.25) is 0 Å². The minimum atomic E-state index is 0.414. The molecule has 0 radical (unpaired) electrons. The van der Waals surface area contributed by atoms with E-state index in [2.05, 4.69) is 6.92 Å². The van der Waals surface area contributed by atoms with Gasteiger partial charge in [-0.2, -0.15) is 0 Å². The van der Waals surface area contributed by atoms with Crippen LogP contribution in [0.5, 0.6) is 11.5 Å². The van der Waals surface area contributed by atoms with E-state index in [-0.39, 0.29) is 0 Å². The quantitative estimate of drug-likeness (QED) is 0.693. The molecule has 0 unspecified atom stereocenters. The monoisotopic (exact) mass is 222 g/mol. The molecule has 0 N–H and O–H groups in total. The van der Waals surface area contributed by atoms with E-state index in [0.29, 0.717) is 12.2 Å². The molecule has 3 heteroatoms. The molecular weight excluding hydrogens is 204 g/mol. The van der Waals surface area contributed by atoms with Gasteiger partial charge in [-0.05, 0) is 23.6 Å². The van der Waals surface area contributed by atoms with Crippen molar-refractivity contribution in [2.45, 2.75) is 26.2 Å². The van der Waals surface area contributed by atoms with Gasteiger partial charge < -0.3 is 14.3 Å². The third-order valence-corrected chi connectivity index (χ3v) is 2.45. The standard InChI is InChI=1S/C13H18O3/c1-4-5-11-8-10(6-7-14)9-12(15-2)13(11)16-3/h7-9H,4-6H2,1-3H3. The van der Waals surface area contributed by atoms with Crippen molar-refractivity contribution in [3.63, 3.8) is 0 Å². The first kappa shape index (κ1) is 12.6. The molecule has 0 atom stereocenters. The lowest BCUT2D eigenvalue weighted by atomic mass is 10.0. The molecule has 0 bridgehead atoms. The van der Waals surface area contributed by atoms with Crippen LogP contribution in [-0.2, 0) is 17.6 Å². The lowest BCUT2D eigenvalue weighted by Gasteiger charge is -2.14. The Morgan fingerprint density at radius 3 is 2.50 bits per heavy atom. The Labute approximate surface area is 96.4 Å². The highest BCUT2D eigenvalue weighted by molar-refractivity contribution is 5.58. The Bertz CT molecular complexity index is 358. The number of aryl methyl sites for hydroxylation is 1. The Balaban J connectivity index is 3.19. The van der Waals surface area contributed by atoms with Crippen LogP contribution in [0.1, 0.15) is 24.5 Å². The van der Waals surface area contributed by atoms with Crippen LogP contribution >= 0.6 is 0 Å². The van der Waals surface area contributed by atoms with E-state index in [1.165, 1.54) is 0 Å². The first-order chi connectivity index (χ1) is 7.76. The van der Waals surface area contributed by atoms with Crippen molar-refractivity contribution < 1.29 is 14.3 Å². The summed E-state index contributed by atoms with van der Waals surface area (Å²) >= 11 is 0. The average molecular weight is 222 g/mol. The normalized spacial score (nSPS) is 9.94. The fourth-order valence-electron chi connectivity index (χ4n) is 1.78. The molecular formula is C13H18O3. The summed E-state index contributed by atoms with van der Waals surface area (Å²) in [4.78, 5) is 10.5. The predicted octanol–water partition coefficient (Wildman–Crippen LogP) is 2.40. The van der Waals surface area contributed by atoms with Gasteiger partial charge in [0.1, 0.15) is 6.29 Å². The SMILES string of the molecule is CCCc1cc(CC=O)cc(OC)c1OC. The molecule has 16 heavy (non-hydrogen) atoms. The number of benzene rings is 1. The minimum Gasteiger partial charge on any atom is -0.493 e. The summed E-state index contributed by atoms with van der Waals surface area (Å²) in [6, 6.07) is 3.87. The summed E-state index contributed by atoms with van der Waals surface area (Å²) in [5.41, 5.74) is 2.07. The molecule has 0 aliphatic carbocycles. The van der Waals surface area contributed by atoms with E-state index in [4.69, 9.17) is 9.47 Å². The molecule has 0 spiro atoms. The molecule has 0 saturated carbocycles. The minimum absolute atomic E-state index is 0.414. The molecule has 0 amide bonds. The van der Waals surface area contributed by atoms with Crippen LogP contribution in [0.3, 0.4) is 0 Å². The van der Waals surface area contributed by atoms with Gasteiger partial charge in [0.05, 0.1) is 14.2 Å². The Morgan fingerprint density at radius 1 is 1.25 bits per heavy atom. The maximum atomic E-state index is 10.5. The second-order valence-electron chi connectivity index (χ2n) is 3.61. The molecule has 1 aromatic rings. The molecule has 0 fully saturated rings. The van der Waals surface area contributed by atoms with E-state index >= 15 is 0 Å². The number of carbonyl (C=O) groups is 1. The molecule has 88 valence electrons. The van der Waals surface area contributed by atoms with E-state index in [0.717, 1.165) is 36.0 Å². The lowest BCUT2D eigenvalue weighted by Crippen LogP contribution is -1.99. The zero-order valence-electron chi connectivity index (χ0n) is 10.1. The fourth-order valence-corrected chi connectivity index (χ4v) is 1.78. The summed E-state index contributed by atoms with van der Waals surface area (Å²) in [5.74, 6) is 1.48. The summed E-state index contributed by atoms with van der Waals surface area (Å²) in [6.07, 6.45) is 3.27. The Morgan fingerprint density at radius 2 is 2.00 bits per heavy atom. The zero-order chi connectivity index (χ0) is 12.0. The summed E-state index contributed by atoms with van der Waals surface area (Å²) < 4.78 is 10.6. The van der Waals surface area contributed by atoms with Crippen LogP contribution in [0.4, 0.5) is 0 Å². The van der Waals surface area contributed by atoms with E-state index in [9.17, 15) is 4.79 Å².